The lowest BCUT2D eigenvalue weighted by Crippen LogP contribution is -2.60. The number of piperidine rings is 1. The second-order valence-electron chi connectivity index (χ2n) is 8.31. The quantitative estimate of drug-likeness (QED) is 0.661. The predicted molar refractivity (Wildman–Crippen MR) is 120 cm³/mol. The second-order valence-corrected chi connectivity index (χ2v) is 8.74. The van der Waals surface area contributed by atoms with Crippen LogP contribution in [0.3, 0.4) is 0 Å². The molecule has 0 atom stereocenters. The topological polar surface area (TPSA) is 72.3 Å². The molecular formula is C23H24ClN5O2. The van der Waals surface area contributed by atoms with Gasteiger partial charge in [0.05, 0.1) is 22.6 Å². The van der Waals surface area contributed by atoms with Crippen LogP contribution in [0.5, 0.6) is 5.75 Å². The molecule has 2 aliphatic rings. The Balaban J connectivity index is 1.23. The van der Waals surface area contributed by atoms with E-state index in [9.17, 15) is 4.79 Å². The van der Waals surface area contributed by atoms with Crippen LogP contribution < -0.4 is 20.5 Å². The van der Waals surface area contributed by atoms with Crippen molar-refractivity contribution in [3.8, 4) is 11.4 Å². The highest BCUT2D eigenvalue weighted by Crippen LogP contribution is 2.40. The maximum Gasteiger partial charge on any atom is 0.258 e. The summed E-state index contributed by atoms with van der Waals surface area (Å²) in [6.07, 6.45) is 7.50. The van der Waals surface area contributed by atoms with E-state index in [2.05, 4.69) is 20.2 Å². The first-order valence-electron chi connectivity index (χ1n) is 10.5. The monoisotopic (exact) mass is 437 g/mol. The highest BCUT2D eigenvalue weighted by Gasteiger charge is 2.43. The third-order valence-corrected chi connectivity index (χ3v) is 6.34. The van der Waals surface area contributed by atoms with Crippen molar-refractivity contribution < 1.29 is 4.74 Å². The molecule has 2 saturated heterocycles. The Morgan fingerprint density at radius 2 is 1.90 bits per heavy atom. The van der Waals surface area contributed by atoms with Crippen LogP contribution in [0.4, 0.5) is 5.82 Å². The van der Waals surface area contributed by atoms with Crippen molar-refractivity contribution in [2.45, 2.75) is 19.4 Å². The Bertz CT molecular complexity index is 1100. The van der Waals surface area contributed by atoms with Gasteiger partial charge in [0.25, 0.3) is 5.56 Å². The van der Waals surface area contributed by atoms with E-state index >= 15 is 0 Å². The normalized spacial score (nSPS) is 17.4. The zero-order chi connectivity index (χ0) is 21.3. The molecule has 2 aliphatic heterocycles. The van der Waals surface area contributed by atoms with Gasteiger partial charge in [0.1, 0.15) is 18.2 Å². The molecule has 7 nitrogen and oxygen atoms in total. The maximum atomic E-state index is 12.6. The van der Waals surface area contributed by atoms with Crippen LogP contribution in [0, 0.1) is 5.41 Å². The summed E-state index contributed by atoms with van der Waals surface area (Å²) in [5.41, 5.74) is 1.76. The Kier molecular flexibility index (Phi) is 5.38. The fraction of sp³-hybridized carbons (Fsp3) is 0.348. The third kappa shape index (κ3) is 4.29. The summed E-state index contributed by atoms with van der Waals surface area (Å²) >= 11 is 5.84. The summed E-state index contributed by atoms with van der Waals surface area (Å²) in [6, 6.07) is 10.7. The molecule has 3 aromatic rings. The molecule has 0 unspecified atom stereocenters. The Labute approximate surface area is 185 Å². The summed E-state index contributed by atoms with van der Waals surface area (Å²) in [4.78, 5) is 23.7. The molecule has 160 valence electrons. The fourth-order valence-electron chi connectivity index (χ4n) is 4.32. The maximum absolute atomic E-state index is 12.6. The number of hydrogen-bond acceptors (Lipinski definition) is 6. The molecule has 31 heavy (non-hydrogen) atoms. The molecule has 5 heterocycles. The average molecular weight is 438 g/mol. The molecule has 0 radical (unpaired) electrons. The summed E-state index contributed by atoms with van der Waals surface area (Å²) in [6.45, 7) is 4.62. The molecule has 2 fully saturated rings. The van der Waals surface area contributed by atoms with Crippen LogP contribution in [0.25, 0.3) is 5.69 Å². The van der Waals surface area contributed by atoms with Crippen molar-refractivity contribution in [2.24, 2.45) is 5.41 Å². The minimum absolute atomic E-state index is 0.172. The predicted octanol–water partition coefficient (Wildman–Crippen LogP) is 3.05. The molecule has 0 bridgehead atoms. The van der Waals surface area contributed by atoms with Gasteiger partial charge in [0.15, 0.2) is 0 Å². The first-order chi connectivity index (χ1) is 15.1. The molecular weight excluding hydrogens is 414 g/mol. The number of halogens is 1. The third-order valence-electron chi connectivity index (χ3n) is 6.12. The molecule has 1 N–H and O–H groups in total. The van der Waals surface area contributed by atoms with E-state index < -0.39 is 0 Å². The molecule has 0 amide bonds. The molecule has 0 saturated carbocycles. The number of ether oxygens (including phenoxy) is 1. The van der Waals surface area contributed by atoms with E-state index in [1.54, 1.807) is 41.4 Å². The number of pyridine rings is 3. The van der Waals surface area contributed by atoms with Gasteiger partial charge in [0, 0.05) is 37.0 Å². The van der Waals surface area contributed by atoms with E-state index in [-0.39, 0.29) is 12.2 Å². The van der Waals surface area contributed by atoms with Gasteiger partial charge in [-0.15, -0.1) is 0 Å². The fourth-order valence-corrected chi connectivity index (χ4v) is 4.43. The van der Waals surface area contributed by atoms with Gasteiger partial charge in [-0.3, -0.25) is 14.3 Å². The Morgan fingerprint density at radius 1 is 1.06 bits per heavy atom. The Morgan fingerprint density at radius 3 is 2.58 bits per heavy atom. The van der Waals surface area contributed by atoms with Crippen LogP contribution in [-0.2, 0) is 6.61 Å². The van der Waals surface area contributed by atoms with E-state index in [1.165, 1.54) is 18.9 Å². The minimum Gasteiger partial charge on any atom is -0.487 e. The average Bonchev–Trinajstić information content (AvgIpc) is 2.78. The van der Waals surface area contributed by atoms with Crippen LogP contribution >= 0.6 is 11.6 Å². The first-order valence-corrected chi connectivity index (χ1v) is 10.9. The highest BCUT2D eigenvalue weighted by atomic mass is 35.5. The van der Waals surface area contributed by atoms with Gasteiger partial charge in [-0.05, 0) is 56.3 Å². The Hall–Kier alpha value is -2.90. The highest BCUT2D eigenvalue weighted by molar-refractivity contribution is 6.30. The molecule has 5 rings (SSSR count). The number of hydrogen-bond donors (Lipinski definition) is 1. The van der Waals surface area contributed by atoms with Gasteiger partial charge in [-0.1, -0.05) is 11.6 Å². The lowest BCUT2D eigenvalue weighted by molar-refractivity contribution is 0.149. The lowest BCUT2D eigenvalue weighted by atomic mass is 9.72. The summed E-state index contributed by atoms with van der Waals surface area (Å²) in [5, 5.41) is 4.01. The number of rotatable bonds is 5. The van der Waals surface area contributed by atoms with E-state index in [1.807, 2.05) is 12.1 Å². The van der Waals surface area contributed by atoms with Gasteiger partial charge in [0.2, 0.25) is 0 Å². The van der Waals surface area contributed by atoms with Crippen molar-refractivity contribution in [1.29, 1.82) is 0 Å². The first kappa shape index (κ1) is 20.0. The zero-order valence-corrected chi connectivity index (χ0v) is 17.9. The standard InChI is InChI=1S/C23H24ClN5O2/c24-17-1-2-18(26-12-17)14-31-20-5-10-29(22(30)11-20)19-3-4-21(27-13-19)28-15-23(16-28)6-8-25-9-7-23/h1-5,10-13,25H,6-9,14-16H2. The SMILES string of the molecule is O=c1cc(OCc2ccc(Cl)cn2)ccn1-c1ccc(N2CC3(CCNCC3)C2)nc1. The van der Waals surface area contributed by atoms with Crippen LogP contribution in [0.1, 0.15) is 18.5 Å². The molecule has 1 spiro atoms. The lowest BCUT2D eigenvalue weighted by Gasteiger charge is -2.53. The van der Waals surface area contributed by atoms with Crippen molar-refractivity contribution in [2.75, 3.05) is 31.1 Å². The zero-order valence-electron chi connectivity index (χ0n) is 17.1. The van der Waals surface area contributed by atoms with Crippen molar-refractivity contribution >= 4 is 17.4 Å². The minimum atomic E-state index is -0.172. The molecule has 3 aromatic heterocycles. The molecule has 0 aliphatic carbocycles. The van der Waals surface area contributed by atoms with Gasteiger partial charge < -0.3 is 15.0 Å². The van der Waals surface area contributed by atoms with Crippen molar-refractivity contribution in [1.82, 2.24) is 19.9 Å². The van der Waals surface area contributed by atoms with Gasteiger partial charge in [-0.2, -0.15) is 0 Å². The van der Waals surface area contributed by atoms with Crippen molar-refractivity contribution in [3.05, 3.63) is 76.1 Å². The smallest absolute Gasteiger partial charge is 0.258 e. The van der Waals surface area contributed by atoms with Gasteiger partial charge in [-0.25, -0.2) is 4.98 Å². The van der Waals surface area contributed by atoms with Crippen LogP contribution in [-0.4, -0.2) is 40.7 Å². The summed E-state index contributed by atoms with van der Waals surface area (Å²) < 4.78 is 7.25. The summed E-state index contributed by atoms with van der Waals surface area (Å²) in [5.74, 6) is 1.46. The number of anilines is 1. The van der Waals surface area contributed by atoms with E-state index in [0.29, 0.717) is 16.2 Å². The van der Waals surface area contributed by atoms with E-state index in [0.717, 1.165) is 43.4 Å². The summed E-state index contributed by atoms with van der Waals surface area (Å²) in [7, 11) is 0. The molecule has 0 aromatic carbocycles. The van der Waals surface area contributed by atoms with Crippen LogP contribution in [0.2, 0.25) is 5.02 Å². The number of aromatic nitrogens is 3. The number of nitrogens with one attached hydrogen (secondary N) is 1. The van der Waals surface area contributed by atoms with Gasteiger partial charge >= 0.3 is 0 Å². The van der Waals surface area contributed by atoms with Crippen LogP contribution in [0.15, 0.2) is 59.8 Å². The molecule has 8 heteroatoms. The second kappa shape index (κ2) is 8.32. The van der Waals surface area contributed by atoms with E-state index in [4.69, 9.17) is 16.3 Å². The van der Waals surface area contributed by atoms with Crippen molar-refractivity contribution in [3.63, 3.8) is 0 Å². The largest absolute Gasteiger partial charge is 0.487 e. The number of nitrogens with zero attached hydrogens (tertiary/aromatic N) is 4.